The van der Waals surface area contributed by atoms with Crippen LogP contribution in [0, 0.1) is 23.7 Å². The van der Waals surface area contributed by atoms with E-state index < -0.39 is 0 Å². The SMILES string of the molecule is CCC(=O)OC1CCC2C3CCC4CCCCC4=C3C=CC12. The summed E-state index contributed by atoms with van der Waals surface area (Å²) in [5.74, 6) is 2.82. The Morgan fingerprint density at radius 3 is 2.95 bits per heavy atom. The predicted octanol–water partition coefficient (Wildman–Crippen LogP) is 4.80. The molecule has 5 unspecified atom stereocenters. The molecule has 4 aliphatic rings. The summed E-state index contributed by atoms with van der Waals surface area (Å²) in [5.41, 5.74) is 3.49. The van der Waals surface area contributed by atoms with Crippen LogP contribution in [-0.4, -0.2) is 12.1 Å². The average Bonchev–Trinajstić information content (AvgIpc) is 2.97. The minimum Gasteiger partial charge on any atom is -0.462 e. The molecule has 22 heavy (non-hydrogen) atoms. The summed E-state index contributed by atoms with van der Waals surface area (Å²) in [5, 5.41) is 0. The van der Waals surface area contributed by atoms with Gasteiger partial charge in [-0.2, -0.15) is 0 Å². The number of rotatable bonds is 2. The van der Waals surface area contributed by atoms with Gasteiger partial charge in [0, 0.05) is 12.3 Å². The van der Waals surface area contributed by atoms with E-state index in [1.807, 2.05) is 6.92 Å². The van der Waals surface area contributed by atoms with Gasteiger partial charge in [0.15, 0.2) is 0 Å². The van der Waals surface area contributed by atoms with Crippen molar-refractivity contribution in [1.82, 2.24) is 0 Å². The Balaban J connectivity index is 1.59. The van der Waals surface area contributed by atoms with E-state index in [1.54, 1.807) is 11.1 Å². The van der Waals surface area contributed by atoms with Crippen molar-refractivity contribution in [2.24, 2.45) is 23.7 Å². The van der Waals surface area contributed by atoms with Crippen LogP contribution in [0.25, 0.3) is 0 Å². The fraction of sp³-hybridized carbons (Fsp3) is 0.750. The van der Waals surface area contributed by atoms with Gasteiger partial charge in [-0.3, -0.25) is 4.79 Å². The largest absolute Gasteiger partial charge is 0.462 e. The van der Waals surface area contributed by atoms with Crippen LogP contribution in [-0.2, 0) is 9.53 Å². The van der Waals surface area contributed by atoms with Crippen LogP contribution in [0.1, 0.15) is 64.7 Å². The van der Waals surface area contributed by atoms with E-state index in [-0.39, 0.29) is 12.1 Å². The molecular formula is C20H28O2. The Bertz CT molecular complexity index is 516. The van der Waals surface area contributed by atoms with Gasteiger partial charge in [-0.1, -0.05) is 31.1 Å². The van der Waals surface area contributed by atoms with E-state index in [0.29, 0.717) is 12.3 Å². The molecule has 0 radical (unpaired) electrons. The molecule has 0 bridgehead atoms. The third-order valence-electron chi connectivity index (χ3n) is 6.63. The van der Waals surface area contributed by atoms with Gasteiger partial charge < -0.3 is 4.74 Å². The summed E-state index contributed by atoms with van der Waals surface area (Å²) in [4.78, 5) is 11.7. The van der Waals surface area contributed by atoms with Crippen molar-refractivity contribution in [3.8, 4) is 0 Å². The lowest BCUT2D eigenvalue weighted by Gasteiger charge is -2.42. The summed E-state index contributed by atoms with van der Waals surface area (Å²) in [6, 6.07) is 0. The first-order valence-electron chi connectivity index (χ1n) is 9.38. The van der Waals surface area contributed by atoms with Crippen molar-refractivity contribution in [3.05, 3.63) is 23.3 Å². The van der Waals surface area contributed by atoms with Gasteiger partial charge in [0.1, 0.15) is 6.10 Å². The number of esters is 1. The van der Waals surface area contributed by atoms with E-state index >= 15 is 0 Å². The second kappa shape index (κ2) is 5.86. The maximum atomic E-state index is 11.7. The standard InChI is InChI=1S/C20H28O2/c1-2-20(21)22-19-12-11-17-16-8-7-13-5-3-4-6-14(13)15(16)9-10-18(17)19/h9-10,13,16-19H,2-8,11-12H2,1H3. The topological polar surface area (TPSA) is 26.3 Å². The summed E-state index contributed by atoms with van der Waals surface area (Å²) in [6.45, 7) is 1.89. The van der Waals surface area contributed by atoms with Gasteiger partial charge in [0.05, 0.1) is 0 Å². The van der Waals surface area contributed by atoms with E-state index in [2.05, 4.69) is 12.2 Å². The smallest absolute Gasteiger partial charge is 0.305 e. The normalized spacial score (nSPS) is 40.0. The Morgan fingerprint density at radius 1 is 1.18 bits per heavy atom. The van der Waals surface area contributed by atoms with Crippen LogP contribution in [0.5, 0.6) is 0 Å². The number of carbonyl (C=O) groups is 1. The van der Waals surface area contributed by atoms with E-state index in [1.165, 1.54) is 44.9 Å². The number of hydrogen-bond acceptors (Lipinski definition) is 2. The van der Waals surface area contributed by atoms with Crippen LogP contribution in [0.4, 0.5) is 0 Å². The summed E-state index contributed by atoms with van der Waals surface area (Å²) in [7, 11) is 0. The van der Waals surface area contributed by atoms with Crippen molar-refractivity contribution in [3.63, 3.8) is 0 Å². The highest BCUT2D eigenvalue weighted by molar-refractivity contribution is 5.69. The van der Waals surface area contributed by atoms with Crippen molar-refractivity contribution < 1.29 is 9.53 Å². The van der Waals surface area contributed by atoms with Crippen LogP contribution in [0.2, 0.25) is 0 Å². The molecule has 2 heteroatoms. The minimum atomic E-state index is -0.0285. The molecule has 0 aromatic heterocycles. The molecule has 0 heterocycles. The van der Waals surface area contributed by atoms with Crippen LogP contribution in [0.15, 0.2) is 23.3 Å². The Hall–Kier alpha value is -1.05. The number of carbonyl (C=O) groups excluding carboxylic acids is 1. The molecule has 2 saturated carbocycles. The Morgan fingerprint density at radius 2 is 2.09 bits per heavy atom. The van der Waals surface area contributed by atoms with Crippen molar-refractivity contribution in [2.45, 2.75) is 70.8 Å². The van der Waals surface area contributed by atoms with Crippen LogP contribution in [0.3, 0.4) is 0 Å². The molecule has 2 fully saturated rings. The number of hydrogen-bond donors (Lipinski definition) is 0. The van der Waals surface area contributed by atoms with Gasteiger partial charge in [-0.25, -0.2) is 0 Å². The molecule has 4 aliphatic carbocycles. The van der Waals surface area contributed by atoms with Gasteiger partial charge in [-0.15, -0.1) is 0 Å². The van der Waals surface area contributed by atoms with E-state index in [4.69, 9.17) is 4.74 Å². The van der Waals surface area contributed by atoms with Crippen molar-refractivity contribution >= 4 is 5.97 Å². The van der Waals surface area contributed by atoms with Crippen LogP contribution < -0.4 is 0 Å². The molecule has 0 aromatic carbocycles. The quantitative estimate of drug-likeness (QED) is 0.685. The summed E-state index contributed by atoms with van der Waals surface area (Å²) >= 11 is 0. The third-order valence-corrected chi connectivity index (χ3v) is 6.63. The molecule has 2 nitrogen and oxygen atoms in total. The zero-order valence-electron chi connectivity index (χ0n) is 13.7. The summed E-state index contributed by atoms with van der Waals surface area (Å²) < 4.78 is 5.71. The van der Waals surface area contributed by atoms with Gasteiger partial charge in [-0.05, 0) is 68.3 Å². The van der Waals surface area contributed by atoms with Gasteiger partial charge in [0.2, 0.25) is 0 Å². The predicted molar refractivity (Wildman–Crippen MR) is 87.2 cm³/mol. The average molecular weight is 300 g/mol. The lowest BCUT2D eigenvalue weighted by molar-refractivity contribution is -0.150. The fourth-order valence-corrected chi connectivity index (χ4v) is 5.59. The highest BCUT2D eigenvalue weighted by Gasteiger charge is 2.45. The van der Waals surface area contributed by atoms with E-state index in [9.17, 15) is 4.79 Å². The lowest BCUT2D eigenvalue weighted by Crippen LogP contribution is -2.33. The first kappa shape index (κ1) is 14.5. The number of fused-ring (bicyclic) bond motifs is 4. The van der Waals surface area contributed by atoms with Gasteiger partial charge in [0.25, 0.3) is 0 Å². The minimum absolute atomic E-state index is 0.0285. The lowest BCUT2D eigenvalue weighted by atomic mass is 9.63. The molecule has 0 aliphatic heterocycles. The molecule has 0 amide bonds. The summed E-state index contributed by atoms with van der Waals surface area (Å²) in [6.07, 6.45) is 16.1. The molecule has 0 aromatic rings. The first-order chi connectivity index (χ1) is 10.8. The number of ether oxygens (including phenoxy) is 1. The third kappa shape index (κ3) is 2.35. The monoisotopic (exact) mass is 300 g/mol. The molecule has 120 valence electrons. The Labute approximate surface area is 134 Å². The molecule has 5 atom stereocenters. The first-order valence-corrected chi connectivity index (χ1v) is 9.38. The maximum absolute atomic E-state index is 11.7. The zero-order chi connectivity index (χ0) is 15.1. The molecule has 4 rings (SSSR count). The van der Waals surface area contributed by atoms with Crippen LogP contribution >= 0.6 is 0 Å². The highest BCUT2D eigenvalue weighted by atomic mass is 16.5. The number of allylic oxidation sites excluding steroid dienone is 3. The van der Waals surface area contributed by atoms with Crippen molar-refractivity contribution in [2.75, 3.05) is 0 Å². The maximum Gasteiger partial charge on any atom is 0.305 e. The second-order valence-corrected chi connectivity index (χ2v) is 7.67. The van der Waals surface area contributed by atoms with E-state index in [0.717, 1.165) is 24.2 Å². The molecule has 0 saturated heterocycles. The Kier molecular flexibility index (Phi) is 3.88. The molecule has 0 spiro atoms. The highest BCUT2D eigenvalue weighted by Crippen LogP contribution is 2.53. The molecule has 0 N–H and O–H groups in total. The molecular weight excluding hydrogens is 272 g/mol. The fourth-order valence-electron chi connectivity index (χ4n) is 5.59. The van der Waals surface area contributed by atoms with Gasteiger partial charge >= 0.3 is 5.97 Å². The zero-order valence-corrected chi connectivity index (χ0v) is 13.7. The van der Waals surface area contributed by atoms with Crippen molar-refractivity contribution in [1.29, 1.82) is 0 Å². The second-order valence-electron chi connectivity index (χ2n) is 7.67.